The number of H-pyrrole nitrogens is 1. The highest BCUT2D eigenvalue weighted by molar-refractivity contribution is 7.90. The zero-order chi connectivity index (χ0) is 47.9. The minimum Gasteiger partial charge on any atom is -0.381 e. The Bertz CT molecular complexity index is 3020. The maximum Gasteiger partial charge on any atom is 0.293 e. The summed E-state index contributed by atoms with van der Waals surface area (Å²) >= 11 is 6.27. The number of benzene rings is 3. The summed E-state index contributed by atoms with van der Waals surface area (Å²) in [6.45, 7) is 10.2. The van der Waals surface area contributed by atoms with E-state index in [2.05, 4.69) is 61.2 Å². The third-order valence-corrected chi connectivity index (χ3v) is 16.1. The third-order valence-electron chi connectivity index (χ3n) is 14.5. The molecule has 3 aromatic carbocycles. The molecule has 18 heteroatoms. The van der Waals surface area contributed by atoms with Gasteiger partial charge < -0.3 is 25.3 Å². The average molecular weight is 976 g/mol. The maximum absolute atomic E-state index is 14.3. The number of halogens is 1. The standard InChI is InChI=1S/C51H59ClN10O6S/c1-51(2)19-15-35(43(30-51)33-3-5-36(52)6-4-33)32-59-21-23-60(24-22-59)40-11-13-42(46(28-40)61-47-27-34-16-20-53-49(34)57-45(47)31-54-61)50(63)58-69(66,67)41-12-14-44(48(29-41)62(64)65)56-38-9-7-37(8-10-38)55-39-17-25-68-26-18-39/h3-6,11-14,16,20,27-29,31,37-39,55-56H,7-10,15,17-19,21-26,30,32H2,1-2H3,(H,53,57)(H,58,63). The van der Waals surface area contributed by atoms with Crippen LogP contribution in [0.5, 0.6) is 0 Å². The number of rotatable bonds is 13. The number of fused-ring (bicyclic) bond motifs is 2. The number of nitrogens with one attached hydrogen (secondary N) is 4. The minimum atomic E-state index is -4.58. The number of aromatic amines is 1. The zero-order valence-electron chi connectivity index (χ0n) is 39.0. The Morgan fingerprint density at radius 3 is 2.42 bits per heavy atom. The van der Waals surface area contributed by atoms with E-state index < -0.39 is 25.7 Å². The topological polar surface area (TPSA) is 193 Å². The molecule has 1 amide bonds. The molecule has 2 saturated heterocycles. The summed E-state index contributed by atoms with van der Waals surface area (Å²) in [6.07, 6.45) is 12.1. The molecule has 69 heavy (non-hydrogen) atoms. The predicted octanol–water partition coefficient (Wildman–Crippen LogP) is 8.86. The van der Waals surface area contributed by atoms with Gasteiger partial charge in [0.1, 0.15) is 16.9 Å². The van der Waals surface area contributed by atoms with Crippen LogP contribution in [0.3, 0.4) is 0 Å². The number of hydrogen-bond donors (Lipinski definition) is 4. The van der Waals surface area contributed by atoms with Crippen molar-refractivity contribution in [2.24, 2.45) is 5.41 Å². The van der Waals surface area contributed by atoms with Crippen LogP contribution in [-0.4, -0.2) is 108 Å². The number of hydrogen-bond acceptors (Lipinski definition) is 12. The van der Waals surface area contributed by atoms with Crippen molar-refractivity contribution in [3.8, 4) is 5.69 Å². The number of aromatic nitrogens is 4. The molecule has 2 aliphatic heterocycles. The van der Waals surface area contributed by atoms with Crippen LogP contribution in [0.15, 0.2) is 95.7 Å². The molecule has 0 atom stereocenters. The lowest BCUT2D eigenvalue weighted by atomic mass is 9.72. The second-order valence-electron chi connectivity index (χ2n) is 19.9. The smallest absolute Gasteiger partial charge is 0.293 e. The van der Waals surface area contributed by atoms with E-state index in [0.29, 0.717) is 34.5 Å². The lowest BCUT2D eigenvalue weighted by molar-refractivity contribution is -0.384. The molecule has 0 spiro atoms. The van der Waals surface area contributed by atoms with Gasteiger partial charge in [0.15, 0.2) is 0 Å². The van der Waals surface area contributed by atoms with Gasteiger partial charge in [-0.15, -0.1) is 0 Å². The third kappa shape index (κ3) is 10.4. The Kier molecular flexibility index (Phi) is 13.2. The summed E-state index contributed by atoms with van der Waals surface area (Å²) in [5.41, 5.74) is 7.36. The van der Waals surface area contributed by atoms with Crippen molar-refractivity contribution >= 4 is 72.2 Å². The Hall–Kier alpha value is -5.85. The van der Waals surface area contributed by atoms with Crippen LogP contribution >= 0.6 is 11.6 Å². The van der Waals surface area contributed by atoms with Crippen molar-refractivity contribution in [2.75, 3.05) is 56.2 Å². The summed E-state index contributed by atoms with van der Waals surface area (Å²) < 4.78 is 37.3. The van der Waals surface area contributed by atoms with Gasteiger partial charge in [-0.25, -0.2) is 22.8 Å². The van der Waals surface area contributed by atoms with E-state index in [9.17, 15) is 23.3 Å². The Balaban J connectivity index is 0.873. The molecule has 362 valence electrons. The van der Waals surface area contributed by atoms with Crippen molar-refractivity contribution in [1.82, 2.24) is 34.7 Å². The van der Waals surface area contributed by atoms with Crippen molar-refractivity contribution in [3.63, 3.8) is 0 Å². The normalized spacial score (nSPS) is 20.7. The van der Waals surface area contributed by atoms with E-state index in [0.717, 1.165) is 126 Å². The van der Waals surface area contributed by atoms with Crippen LogP contribution < -0.4 is 20.3 Å². The number of nitrogens with zero attached hydrogens (tertiary/aromatic N) is 6. The van der Waals surface area contributed by atoms with E-state index in [1.165, 1.54) is 28.8 Å². The van der Waals surface area contributed by atoms with E-state index >= 15 is 0 Å². The molecule has 0 radical (unpaired) electrons. The fraction of sp³-hybridized carbons (Fsp3) is 0.431. The number of sulfonamides is 1. The van der Waals surface area contributed by atoms with E-state index in [1.54, 1.807) is 23.1 Å². The summed E-state index contributed by atoms with van der Waals surface area (Å²) in [7, 11) is -4.58. The van der Waals surface area contributed by atoms with Gasteiger partial charge in [-0.2, -0.15) is 5.10 Å². The number of ether oxygens (including phenoxy) is 1. The average Bonchev–Trinajstić information content (AvgIpc) is 3.99. The van der Waals surface area contributed by atoms with Crippen LogP contribution in [0, 0.1) is 15.5 Å². The number of anilines is 2. The molecule has 4 aliphatic rings. The van der Waals surface area contributed by atoms with E-state index in [1.807, 2.05) is 36.4 Å². The molecule has 6 aromatic rings. The highest BCUT2D eigenvalue weighted by atomic mass is 35.5. The molecule has 3 aromatic heterocycles. The van der Waals surface area contributed by atoms with Gasteiger partial charge in [-0.1, -0.05) is 43.2 Å². The highest BCUT2D eigenvalue weighted by Crippen LogP contribution is 2.43. The molecule has 16 nitrogen and oxygen atoms in total. The van der Waals surface area contributed by atoms with Gasteiger partial charge in [-0.3, -0.25) is 19.8 Å². The Labute approximate surface area is 407 Å². The number of nitro groups is 1. The van der Waals surface area contributed by atoms with Gasteiger partial charge in [0.05, 0.1) is 32.8 Å². The van der Waals surface area contributed by atoms with E-state index in [-0.39, 0.29) is 28.4 Å². The fourth-order valence-corrected chi connectivity index (χ4v) is 11.7. The fourth-order valence-electron chi connectivity index (χ4n) is 10.6. The maximum atomic E-state index is 14.3. The predicted molar refractivity (Wildman–Crippen MR) is 270 cm³/mol. The molecule has 0 bridgehead atoms. The first-order valence-electron chi connectivity index (χ1n) is 24.1. The summed E-state index contributed by atoms with van der Waals surface area (Å²) in [6, 6.07) is 21.9. The number of nitro benzene ring substituents is 1. The lowest BCUT2D eigenvalue weighted by Crippen LogP contribution is -2.47. The molecular formula is C51H59ClN10O6S. The van der Waals surface area contributed by atoms with Gasteiger partial charge >= 0.3 is 0 Å². The van der Waals surface area contributed by atoms with Crippen LogP contribution in [-0.2, 0) is 14.8 Å². The van der Waals surface area contributed by atoms with Gasteiger partial charge in [0.25, 0.3) is 21.6 Å². The van der Waals surface area contributed by atoms with Crippen molar-refractivity contribution in [2.45, 2.75) is 94.7 Å². The van der Waals surface area contributed by atoms with Gasteiger partial charge in [0, 0.05) is 92.4 Å². The number of carbonyl (C=O) groups is 1. The van der Waals surface area contributed by atoms with Gasteiger partial charge in [-0.05, 0) is 129 Å². The van der Waals surface area contributed by atoms with Crippen molar-refractivity contribution in [3.05, 3.63) is 117 Å². The molecule has 0 unspecified atom stereocenters. The number of allylic oxidation sites excluding steroid dienone is 1. The number of piperazine rings is 1. The first-order chi connectivity index (χ1) is 33.2. The monoisotopic (exact) mass is 974 g/mol. The molecule has 1 saturated carbocycles. The number of pyridine rings is 1. The van der Waals surface area contributed by atoms with Crippen molar-refractivity contribution < 1.29 is 22.9 Å². The van der Waals surface area contributed by atoms with Crippen molar-refractivity contribution in [1.29, 1.82) is 0 Å². The van der Waals surface area contributed by atoms with Crippen LogP contribution in [0.4, 0.5) is 17.1 Å². The first kappa shape index (κ1) is 46.9. The zero-order valence-corrected chi connectivity index (χ0v) is 40.6. The molecule has 5 heterocycles. The molecule has 4 N–H and O–H groups in total. The summed E-state index contributed by atoms with van der Waals surface area (Å²) in [5.74, 6) is -0.905. The SMILES string of the molecule is CC1(C)CCC(CN2CCN(c3ccc(C(=O)NS(=O)(=O)c4ccc(NC5CCC(NC6CCOCC6)CC5)c([N+](=O)[O-])c4)c(-n4ncc5nc6[nH]ccc6cc54)c3)CC2)=C(c2ccc(Cl)cc2)C1. The Morgan fingerprint density at radius 2 is 1.67 bits per heavy atom. The number of amides is 1. The second-order valence-corrected chi connectivity index (χ2v) is 22.0. The number of carbonyl (C=O) groups excluding carboxylic acids is 1. The molecule has 3 fully saturated rings. The molecular weight excluding hydrogens is 916 g/mol. The largest absolute Gasteiger partial charge is 0.381 e. The van der Waals surface area contributed by atoms with Crippen LogP contribution in [0.2, 0.25) is 5.02 Å². The molecule has 10 rings (SSSR count). The van der Waals surface area contributed by atoms with Crippen LogP contribution in [0.1, 0.15) is 87.6 Å². The lowest BCUT2D eigenvalue weighted by Gasteiger charge is -2.39. The first-order valence-corrected chi connectivity index (χ1v) is 26.0. The quantitative estimate of drug-likeness (QED) is 0.0636. The summed E-state index contributed by atoms with van der Waals surface area (Å²) in [4.78, 5) is 38.4. The minimum absolute atomic E-state index is 0.00761. The molecule has 2 aliphatic carbocycles. The van der Waals surface area contributed by atoms with Crippen LogP contribution in [0.25, 0.3) is 33.3 Å². The van der Waals surface area contributed by atoms with Gasteiger partial charge in [0.2, 0.25) is 0 Å². The second kappa shape index (κ2) is 19.5. The Morgan fingerprint density at radius 1 is 0.928 bits per heavy atom. The highest BCUT2D eigenvalue weighted by Gasteiger charge is 2.32. The van der Waals surface area contributed by atoms with E-state index in [4.69, 9.17) is 21.3 Å². The summed E-state index contributed by atoms with van der Waals surface area (Å²) in [5, 5.41) is 25.7.